The minimum Gasteiger partial charge on any atom is -0.310 e. The molecule has 1 aromatic rings. The van der Waals surface area contributed by atoms with Crippen LogP contribution < -0.4 is 5.32 Å². The van der Waals surface area contributed by atoms with Crippen LogP contribution in [0.15, 0.2) is 18.2 Å². The second-order valence-corrected chi connectivity index (χ2v) is 3.76. The van der Waals surface area contributed by atoms with Gasteiger partial charge in [-0.2, -0.15) is 0 Å². The predicted molar refractivity (Wildman–Crippen MR) is 51.2 cm³/mol. The molecule has 1 aliphatic rings. The maximum absolute atomic E-state index is 3.47. The minimum absolute atomic E-state index is 0.639. The molecule has 0 bridgehead atoms. The fraction of sp³-hybridized carbons (Fsp3) is 0.455. The minimum atomic E-state index is 0.639. The lowest BCUT2D eigenvalue weighted by molar-refractivity contribution is 0.513. The number of aryl methyl sites for hydroxylation is 1. The van der Waals surface area contributed by atoms with E-state index in [4.69, 9.17) is 0 Å². The molecule has 64 valence electrons. The Morgan fingerprint density at radius 2 is 2.17 bits per heavy atom. The molecule has 0 saturated carbocycles. The largest absolute Gasteiger partial charge is 0.310 e. The Balaban J connectivity index is 2.37. The van der Waals surface area contributed by atoms with Crippen molar-refractivity contribution in [3.05, 3.63) is 34.9 Å². The second kappa shape index (κ2) is 2.91. The highest BCUT2D eigenvalue weighted by molar-refractivity contribution is 5.33. The first-order valence-electron chi connectivity index (χ1n) is 4.57. The number of fused-ring (bicyclic) bond motifs is 1. The van der Waals surface area contributed by atoms with E-state index in [1.807, 2.05) is 0 Å². The summed E-state index contributed by atoms with van der Waals surface area (Å²) in [6.07, 6.45) is 1.18. The van der Waals surface area contributed by atoms with Crippen molar-refractivity contribution in [2.45, 2.75) is 32.9 Å². The van der Waals surface area contributed by atoms with Gasteiger partial charge in [-0.15, -0.1) is 0 Å². The molecule has 1 N–H and O–H groups in total. The standard InChI is InChI=1S/C11H15N/c1-8-3-4-10-6-9(2)12-7-11(10)5-8/h3-5,9,12H,6-7H2,1-2H3/t9-/m0/s1. The quantitative estimate of drug-likeness (QED) is 0.614. The molecule has 1 aliphatic heterocycles. The number of rotatable bonds is 0. The zero-order valence-electron chi connectivity index (χ0n) is 7.72. The first-order valence-corrected chi connectivity index (χ1v) is 4.57. The van der Waals surface area contributed by atoms with Crippen LogP contribution in [0.3, 0.4) is 0 Å². The third kappa shape index (κ3) is 1.37. The van der Waals surface area contributed by atoms with Gasteiger partial charge in [0.2, 0.25) is 0 Å². The first-order chi connectivity index (χ1) is 5.75. The van der Waals surface area contributed by atoms with Crippen molar-refractivity contribution < 1.29 is 0 Å². The highest BCUT2D eigenvalue weighted by atomic mass is 14.9. The van der Waals surface area contributed by atoms with Gasteiger partial charge >= 0.3 is 0 Å². The van der Waals surface area contributed by atoms with Crippen molar-refractivity contribution in [2.24, 2.45) is 0 Å². The third-order valence-corrected chi connectivity index (χ3v) is 2.53. The molecule has 0 unspecified atom stereocenters. The van der Waals surface area contributed by atoms with Gasteiger partial charge < -0.3 is 5.32 Å². The van der Waals surface area contributed by atoms with Crippen molar-refractivity contribution in [3.63, 3.8) is 0 Å². The maximum atomic E-state index is 3.47. The Kier molecular flexibility index (Phi) is 1.89. The van der Waals surface area contributed by atoms with Crippen LogP contribution in [0.25, 0.3) is 0 Å². The van der Waals surface area contributed by atoms with Crippen LogP contribution in [0.5, 0.6) is 0 Å². The van der Waals surface area contributed by atoms with Crippen LogP contribution in [0.1, 0.15) is 23.6 Å². The molecule has 0 saturated heterocycles. The van der Waals surface area contributed by atoms with Gasteiger partial charge in [-0.3, -0.25) is 0 Å². The molecular weight excluding hydrogens is 146 g/mol. The van der Waals surface area contributed by atoms with Crippen LogP contribution in [-0.4, -0.2) is 6.04 Å². The summed E-state index contributed by atoms with van der Waals surface area (Å²) >= 11 is 0. The predicted octanol–water partition coefficient (Wildman–Crippen LogP) is 2.03. The van der Waals surface area contributed by atoms with Gasteiger partial charge in [0.15, 0.2) is 0 Å². The topological polar surface area (TPSA) is 12.0 Å². The van der Waals surface area contributed by atoms with Gasteiger partial charge in [0.1, 0.15) is 0 Å². The van der Waals surface area contributed by atoms with Crippen LogP contribution >= 0.6 is 0 Å². The lowest BCUT2D eigenvalue weighted by Gasteiger charge is -2.23. The highest BCUT2D eigenvalue weighted by Gasteiger charge is 2.13. The lowest BCUT2D eigenvalue weighted by atomic mass is 9.95. The zero-order valence-corrected chi connectivity index (χ0v) is 7.72. The maximum Gasteiger partial charge on any atom is 0.0210 e. The normalized spacial score (nSPS) is 22.0. The molecule has 0 radical (unpaired) electrons. The molecule has 2 rings (SSSR count). The Morgan fingerprint density at radius 3 is 3.00 bits per heavy atom. The first kappa shape index (κ1) is 7.81. The summed E-state index contributed by atoms with van der Waals surface area (Å²) in [5.74, 6) is 0. The Morgan fingerprint density at radius 1 is 1.33 bits per heavy atom. The van der Waals surface area contributed by atoms with Gasteiger partial charge in [-0.25, -0.2) is 0 Å². The van der Waals surface area contributed by atoms with Crippen molar-refractivity contribution >= 4 is 0 Å². The van der Waals surface area contributed by atoms with E-state index in [0.717, 1.165) is 6.54 Å². The highest BCUT2D eigenvalue weighted by Crippen LogP contribution is 2.17. The van der Waals surface area contributed by atoms with Crippen molar-refractivity contribution in [1.29, 1.82) is 0 Å². The summed E-state index contributed by atoms with van der Waals surface area (Å²) in [5, 5.41) is 3.47. The Labute approximate surface area is 73.8 Å². The van der Waals surface area contributed by atoms with E-state index in [2.05, 4.69) is 37.4 Å². The van der Waals surface area contributed by atoms with Gasteiger partial charge in [0.25, 0.3) is 0 Å². The fourth-order valence-corrected chi connectivity index (χ4v) is 1.80. The molecule has 0 amide bonds. The average molecular weight is 161 g/mol. The summed E-state index contributed by atoms with van der Waals surface area (Å²) in [4.78, 5) is 0. The van der Waals surface area contributed by atoms with Gasteiger partial charge in [0.05, 0.1) is 0 Å². The van der Waals surface area contributed by atoms with Crippen LogP contribution in [0.4, 0.5) is 0 Å². The Bertz CT molecular complexity index is 291. The van der Waals surface area contributed by atoms with Crippen LogP contribution in [-0.2, 0) is 13.0 Å². The fourth-order valence-electron chi connectivity index (χ4n) is 1.80. The molecule has 0 fully saturated rings. The van der Waals surface area contributed by atoms with Gasteiger partial charge in [0, 0.05) is 12.6 Å². The van der Waals surface area contributed by atoms with Crippen LogP contribution in [0, 0.1) is 6.92 Å². The molecule has 1 atom stereocenters. The number of hydrogen-bond donors (Lipinski definition) is 1. The number of benzene rings is 1. The van der Waals surface area contributed by atoms with E-state index in [0.29, 0.717) is 6.04 Å². The van der Waals surface area contributed by atoms with E-state index in [9.17, 15) is 0 Å². The van der Waals surface area contributed by atoms with E-state index in [1.54, 1.807) is 0 Å². The molecule has 1 aromatic carbocycles. The van der Waals surface area contributed by atoms with Crippen molar-refractivity contribution in [1.82, 2.24) is 5.32 Å². The number of nitrogens with one attached hydrogen (secondary N) is 1. The van der Waals surface area contributed by atoms with E-state index in [-0.39, 0.29) is 0 Å². The molecule has 0 spiro atoms. The summed E-state index contributed by atoms with van der Waals surface area (Å²) in [7, 11) is 0. The summed E-state index contributed by atoms with van der Waals surface area (Å²) in [6.45, 7) is 5.43. The van der Waals surface area contributed by atoms with Gasteiger partial charge in [-0.05, 0) is 31.4 Å². The number of hydrogen-bond acceptors (Lipinski definition) is 1. The summed E-state index contributed by atoms with van der Waals surface area (Å²) < 4.78 is 0. The second-order valence-electron chi connectivity index (χ2n) is 3.76. The molecular formula is C11H15N. The molecule has 1 heteroatoms. The Hall–Kier alpha value is -0.820. The van der Waals surface area contributed by atoms with Crippen LogP contribution in [0.2, 0.25) is 0 Å². The third-order valence-electron chi connectivity index (χ3n) is 2.53. The zero-order chi connectivity index (χ0) is 8.55. The average Bonchev–Trinajstić information content (AvgIpc) is 2.05. The molecule has 1 heterocycles. The molecule has 0 aliphatic carbocycles. The van der Waals surface area contributed by atoms with Crippen molar-refractivity contribution in [2.75, 3.05) is 0 Å². The SMILES string of the molecule is Cc1ccc2c(c1)CN[C@@H](C)C2. The molecule has 12 heavy (non-hydrogen) atoms. The van der Waals surface area contributed by atoms with E-state index >= 15 is 0 Å². The van der Waals surface area contributed by atoms with Gasteiger partial charge in [-0.1, -0.05) is 23.8 Å². The van der Waals surface area contributed by atoms with E-state index in [1.165, 1.54) is 23.1 Å². The smallest absolute Gasteiger partial charge is 0.0210 e. The monoisotopic (exact) mass is 161 g/mol. The summed E-state index contributed by atoms with van der Waals surface area (Å²) in [5.41, 5.74) is 4.37. The molecule has 1 nitrogen and oxygen atoms in total. The molecule has 0 aromatic heterocycles. The summed E-state index contributed by atoms with van der Waals surface area (Å²) in [6, 6.07) is 7.40. The van der Waals surface area contributed by atoms with Crippen molar-refractivity contribution in [3.8, 4) is 0 Å². The lowest BCUT2D eigenvalue weighted by Crippen LogP contribution is -2.32. The van der Waals surface area contributed by atoms with E-state index < -0.39 is 0 Å².